The van der Waals surface area contributed by atoms with E-state index in [0.717, 1.165) is 12.6 Å². The number of hydrogen-bond donors (Lipinski definition) is 1. The van der Waals surface area contributed by atoms with Gasteiger partial charge in [0.05, 0.1) is 0 Å². The minimum Gasteiger partial charge on any atom is -0.317 e. The molecule has 0 aliphatic carbocycles. The largest absolute Gasteiger partial charge is 0.317 e. The van der Waals surface area contributed by atoms with Gasteiger partial charge in [0, 0.05) is 12.6 Å². The Labute approximate surface area is 117 Å². The van der Waals surface area contributed by atoms with Crippen LogP contribution < -0.4 is 5.32 Å². The molecule has 1 heterocycles. The Balaban J connectivity index is 0.00000162. The lowest BCUT2D eigenvalue weighted by Crippen LogP contribution is -2.42. The van der Waals surface area contributed by atoms with Crippen molar-refractivity contribution in [3.63, 3.8) is 0 Å². The van der Waals surface area contributed by atoms with Crippen molar-refractivity contribution in [2.75, 3.05) is 26.7 Å². The molecule has 2 nitrogen and oxygen atoms in total. The summed E-state index contributed by atoms with van der Waals surface area (Å²) in [6.45, 7) is 5.84. The van der Waals surface area contributed by atoms with Gasteiger partial charge in [-0.15, -0.1) is 12.4 Å². The Morgan fingerprint density at radius 2 is 1.83 bits per heavy atom. The molecule has 1 unspecified atom stereocenters. The molecule has 1 N–H and O–H groups in total. The molecule has 0 radical (unpaired) electrons. The minimum absolute atomic E-state index is 0. The number of likely N-dealkylation sites (N-methyl/N-ethyl adjacent to an activating group) is 1. The van der Waals surface area contributed by atoms with Gasteiger partial charge in [-0.05, 0) is 44.5 Å². The Morgan fingerprint density at radius 3 is 2.44 bits per heavy atom. The van der Waals surface area contributed by atoms with E-state index in [1.54, 1.807) is 0 Å². The third-order valence-electron chi connectivity index (χ3n) is 3.86. The zero-order chi connectivity index (χ0) is 12.1. The SMILES string of the molecule is CC(CN(C)C1CCNCC1)c1ccccc1.Cl. The van der Waals surface area contributed by atoms with Gasteiger partial charge in [-0.1, -0.05) is 37.3 Å². The highest BCUT2D eigenvalue weighted by Crippen LogP contribution is 2.18. The van der Waals surface area contributed by atoms with E-state index in [1.165, 1.54) is 31.5 Å². The second-order valence-corrected chi connectivity index (χ2v) is 5.23. The normalized spacial score (nSPS) is 18.4. The summed E-state index contributed by atoms with van der Waals surface area (Å²) >= 11 is 0. The summed E-state index contributed by atoms with van der Waals surface area (Å²) in [5, 5.41) is 3.43. The van der Waals surface area contributed by atoms with Crippen molar-refractivity contribution in [1.29, 1.82) is 0 Å². The molecule has 0 bridgehead atoms. The van der Waals surface area contributed by atoms with Crippen molar-refractivity contribution in [3.05, 3.63) is 35.9 Å². The van der Waals surface area contributed by atoms with Gasteiger partial charge in [0.15, 0.2) is 0 Å². The lowest BCUT2D eigenvalue weighted by molar-refractivity contribution is 0.191. The minimum atomic E-state index is 0. The average molecular weight is 269 g/mol. The van der Waals surface area contributed by atoms with Crippen LogP contribution >= 0.6 is 12.4 Å². The van der Waals surface area contributed by atoms with Gasteiger partial charge in [-0.2, -0.15) is 0 Å². The molecule has 1 aromatic rings. The van der Waals surface area contributed by atoms with E-state index in [1.807, 2.05) is 0 Å². The van der Waals surface area contributed by atoms with Crippen LogP contribution in [0.2, 0.25) is 0 Å². The van der Waals surface area contributed by atoms with Crippen LogP contribution in [0.4, 0.5) is 0 Å². The number of nitrogens with one attached hydrogen (secondary N) is 1. The molecule has 1 aliphatic rings. The Hall–Kier alpha value is -0.570. The van der Waals surface area contributed by atoms with E-state index < -0.39 is 0 Å². The molecular weight excluding hydrogens is 244 g/mol. The molecular formula is C15H25ClN2. The van der Waals surface area contributed by atoms with Gasteiger partial charge in [-0.3, -0.25) is 0 Å². The number of halogens is 1. The standard InChI is InChI=1S/C15H24N2.ClH/c1-13(14-6-4-3-5-7-14)12-17(2)15-8-10-16-11-9-15;/h3-7,13,15-16H,8-12H2,1-2H3;1H. The summed E-state index contributed by atoms with van der Waals surface area (Å²) in [5.41, 5.74) is 1.45. The molecule has 1 aromatic carbocycles. The zero-order valence-electron chi connectivity index (χ0n) is 11.4. The molecule has 1 fully saturated rings. The zero-order valence-corrected chi connectivity index (χ0v) is 12.2. The molecule has 1 atom stereocenters. The number of nitrogens with zero attached hydrogens (tertiary/aromatic N) is 1. The van der Waals surface area contributed by atoms with Crippen LogP contribution in [0.5, 0.6) is 0 Å². The molecule has 2 rings (SSSR count). The quantitative estimate of drug-likeness (QED) is 0.903. The van der Waals surface area contributed by atoms with E-state index in [9.17, 15) is 0 Å². The Bertz CT molecular complexity index is 323. The third-order valence-corrected chi connectivity index (χ3v) is 3.86. The monoisotopic (exact) mass is 268 g/mol. The van der Waals surface area contributed by atoms with Crippen molar-refractivity contribution < 1.29 is 0 Å². The lowest BCUT2D eigenvalue weighted by atomic mass is 9.98. The van der Waals surface area contributed by atoms with E-state index in [4.69, 9.17) is 0 Å². The average Bonchev–Trinajstić information content (AvgIpc) is 2.40. The van der Waals surface area contributed by atoms with Gasteiger partial charge in [0.1, 0.15) is 0 Å². The first-order valence-corrected chi connectivity index (χ1v) is 6.73. The number of benzene rings is 1. The van der Waals surface area contributed by atoms with Crippen molar-refractivity contribution in [2.45, 2.75) is 31.7 Å². The number of rotatable bonds is 4. The maximum atomic E-state index is 3.43. The molecule has 102 valence electrons. The summed E-state index contributed by atoms with van der Waals surface area (Å²) < 4.78 is 0. The fraction of sp³-hybridized carbons (Fsp3) is 0.600. The molecule has 1 saturated heterocycles. The summed E-state index contributed by atoms with van der Waals surface area (Å²) in [5.74, 6) is 0.621. The molecule has 0 spiro atoms. The number of hydrogen-bond acceptors (Lipinski definition) is 2. The van der Waals surface area contributed by atoms with E-state index >= 15 is 0 Å². The highest BCUT2D eigenvalue weighted by molar-refractivity contribution is 5.85. The van der Waals surface area contributed by atoms with Crippen LogP contribution in [0.3, 0.4) is 0 Å². The van der Waals surface area contributed by atoms with Crippen molar-refractivity contribution >= 4 is 12.4 Å². The first-order valence-electron chi connectivity index (χ1n) is 6.73. The van der Waals surface area contributed by atoms with Gasteiger partial charge < -0.3 is 10.2 Å². The summed E-state index contributed by atoms with van der Waals surface area (Å²) in [7, 11) is 2.27. The van der Waals surface area contributed by atoms with Crippen LogP contribution in [0.1, 0.15) is 31.2 Å². The second-order valence-electron chi connectivity index (χ2n) is 5.23. The molecule has 0 aromatic heterocycles. The van der Waals surface area contributed by atoms with Crippen LogP contribution in [-0.4, -0.2) is 37.6 Å². The first-order chi connectivity index (χ1) is 8.27. The highest BCUT2D eigenvalue weighted by Gasteiger charge is 2.19. The second kappa shape index (κ2) is 7.78. The van der Waals surface area contributed by atoms with Crippen molar-refractivity contribution in [1.82, 2.24) is 10.2 Å². The number of piperidine rings is 1. The fourth-order valence-corrected chi connectivity index (χ4v) is 2.72. The van der Waals surface area contributed by atoms with E-state index in [0.29, 0.717) is 5.92 Å². The van der Waals surface area contributed by atoms with E-state index in [-0.39, 0.29) is 12.4 Å². The highest BCUT2D eigenvalue weighted by atomic mass is 35.5. The van der Waals surface area contributed by atoms with Crippen LogP contribution in [-0.2, 0) is 0 Å². The van der Waals surface area contributed by atoms with Gasteiger partial charge in [0.2, 0.25) is 0 Å². The molecule has 18 heavy (non-hydrogen) atoms. The van der Waals surface area contributed by atoms with Gasteiger partial charge in [0.25, 0.3) is 0 Å². The summed E-state index contributed by atoms with van der Waals surface area (Å²) in [6, 6.07) is 11.6. The van der Waals surface area contributed by atoms with Crippen LogP contribution in [0.25, 0.3) is 0 Å². The van der Waals surface area contributed by atoms with Crippen molar-refractivity contribution in [3.8, 4) is 0 Å². The molecule has 3 heteroatoms. The topological polar surface area (TPSA) is 15.3 Å². The smallest absolute Gasteiger partial charge is 0.0117 e. The predicted molar refractivity (Wildman–Crippen MR) is 80.6 cm³/mol. The fourth-order valence-electron chi connectivity index (χ4n) is 2.72. The first kappa shape index (κ1) is 15.5. The van der Waals surface area contributed by atoms with Crippen LogP contribution in [0.15, 0.2) is 30.3 Å². The molecule has 0 saturated carbocycles. The van der Waals surface area contributed by atoms with Gasteiger partial charge >= 0.3 is 0 Å². The Morgan fingerprint density at radius 1 is 1.22 bits per heavy atom. The van der Waals surface area contributed by atoms with Crippen molar-refractivity contribution in [2.24, 2.45) is 0 Å². The van der Waals surface area contributed by atoms with Crippen LogP contribution in [0, 0.1) is 0 Å². The summed E-state index contributed by atoms with van der Waals surface area (Å²) in [6.07, 6.45) is 2.58. The molecule has 0 amide bonds. The lowest BCUT2D eigenvalue weighted by Gasteiger charge is -2.33. The van der Waals surface area contributed by atoms with E-state index in [2.05, 4.69) is 54.5 Å². The summed E-state index contributed by atoms with van der Waals surface area (Å²) in [4.78, 5) is 2.54. The molecule has 1 aliphatic heterocycles. The maximum Gasteiger partial charge on any atom is 0.0117 e. The third kappa shape index (κ3) is 4.27. The Kier molecular flexibility index (Phi) is 6.69. The van der Waals surface area contributed by atoms with Gasteiger partial charge in [-0.25, -0.2) is 0 Å². The maximum absolute atomic E-state index is 3.43. The predicted octanol–water partition coefficient (Wildman–Crippen LogP) is 2.90.